The first kappa shape index (κ1) is 19.1. The summed E-state index contributed by atoms with van der Waals surface area (Å²) < 4.78 is 0. The molecule has 0 unspecified atom stereocenters. The van der Waals surface area contributed by atoms with Gasteiger partial charge in [0.05, 0.1) is 0 Å². The van der Waals surface area contributed by atoms with Gasteiger partial charge in [-0.3, -0.25) is 9.59 Å². The van der Waals surface area contributed by atoms with Gasteiger partial charge in [0.1, 0.15) is 6.04 Å². The molecule has 0 aromatic heterocycles. The van der Waals surface area contributed by atoms with Crippen LogP contribution in [0.15, 0.2) is 53.4 Å². The highest BCUT2D eigenvalue weighted by molar-refractivity contribution is 7.98. The van der Waals surface area contributed by atoms with E-state index in [1.807, 2.05) is 69.5 Å². The van der Waals surface area contributed by atoms with Crippen LogP contribution in [0.3, 0.4) is 0 Å². The van der Waals surface area contributed by atoms with Gasteiger partial charge in [0.2, 0.25) is 5.91 Å². The van der Waals surface area contributed by atoms with E-state index in [9.17, 15) is 9.59 Å². The second-order valence-electron chi connectivity index (χ2n) is 6.23. The molecule has 25 heavy (non-hydrogen) atoms. The first-order valence-electron chi connectivity index (χ1n) is 8.23. The molecular weight excluding hydrogens is 332 g/mol. The SMILES string of the molecule is CSc1ccc(NC(=O)[C@@H](NC(=O)c2ccccc2C)C(C)C)cc1. The van der Waals surface area contributed by atoms with E-state index in [1.165, 1.54) is 0 Å². The number of hydrogen-bond acceptors (Lipinski definition) is 3. The lowest BCUT2D eigenvalue weighted by molar-refractivity contribution is -0.118. The van der Waals surface area contributed by atoms with Gasteiger partial charge in [-0.25, -0.2) is 0 Å². The van der Waals surface area contributed by atoms with E-state index in [0.717, 1.165) is 16.1 Å². The van der Waals surface area contributed by atoms with Gasteiger partial charge in [-0.15, -0.1) is 11.8 Å². The van der Waals surface area contributed by atoms with Gasteiger partial charge in [0.25, 0.3) is 5.91 Å². The highest BCUT2D eigenvalue weighted by atomic mass is 32.2. The van der Waals surface area contributed by atoms with Gasteiger partial charge in [-0.2, -0.15) is 0 Å². The molecule has 0 aliphatic rings. The van der Waals surface area contributed by atoms with Crippen LogP contribution in [0.4, 0.5) is 5.69 Å². The molecule has 0 saturated heterocycles. The van der Waals surface area contributed by atoms with Gasteiger partial charge >= 0.3 is 0 Å². The minimum absolute atomic E-state index is 0.0292. The Kier molecular flexibility index (Phi) is 6.65. The summed E-state index contributed by atoms with van der Waals surface area (Å²) in [5.74, 6) is -0.475. The van der Waals surface area contributed by atoms with Crippen molar-refractivity contribution >= 4 is 29.3 Å². The summed E-state index contributed by atoms with van der Waals surface area (Å²) in [6.07, 6.45) is 2.00. The predicted molar refractivity (Wildman–Crippen MR) is 104 cm³/mol. The summed E-state index contributed by atoms with van der Waals surface area (Å²) >= 11 is 1.65. The Hall–Kier alpha value is -2.27. The van der Waals surface area contributed by atoms with Crippen molar-refractivity contribution in [2.75, 3.05) is 11.6 Å². The molecule has 2 amide bonds. The fourth-order valence-corrected chi connectivity index (χ4v) is 2.88. The van der Waals surface area contributed by atoms with Gasteiger partial charge in [0, 0.05) is 16.1 Å². The number of benzene rings is 2. The smallest absolute Gasteiger partial charge is 0.252 e. The molecule has 1 atom stereocenters. The minimum atomic E-state index is -0.604. The first-order valence-corrected chi connectivity index (χ1v) is 9.46. The van der Waals surface area contributed by atoms with Crippen LogP contribution in [0.1, 0.15) is 29.8 Å². The van der Waals surface area contributed by atoms with E-state index in [1.54, 1.807) is 17.8 Å². The molecule has 0 aliphatic carbocycles. The third kappa shape index (κ3) is 5.10. The van der Waals surface area contributed by atoms with Crippen LogP contribution in [0.5, 0.6) is 0 Å². The lowest BCUT2D eigenvalue weighted by Gasteiger charge is -2.22. The van der Waals surface area contributed by atoms with E-state index in [0.29, 0.717) is 5.56 Å². The van der Waals surface area contributed by atoms with Crippen LogP contribution in [0.2, 0.25) is 0 Å². The van der Waals surface area contributed by atoms with E-state index in [4.69, 9.17) is 0 Å². The van der Waals surface area contributed by atoms with E-state index in [-0.39, 0.29) is 17.7 Å². The quantitative estimate of drug-likeness (QED) is 0.766. The van der Waals surface area contributed by atoms with Crippen LogP contribution in [0, 0.1) is 12.8 Å². The topological polar surface area (TPSA) is 58.2 Å². The van der Waals surface area contributed by atoms with Crippen LogP contribution >= 0.6 is 11.8 Å². The Bertz CT molecular complexity index is 742. The molecule has 2 aromatic rings. The number of amides is 2. The second kappa shape index (κ2) is 8.72. The maximum Gasteiger partial charge on any atom is 0.252 e. The molecule has 2 N–H and O–H groups in total. The van der Waals surface area contributed by atoms with Crippen LogP contribution < -0.4 is 10.6 Å². The lowest BCUT2D eigenvalue weighted by atomic mass is 10.0. The molecule has 2 rings (SSSR count). The van der Waals surface area contributed by atoms with E-state index >= 15 is 0 Å². The average molecular weight is 356 g/mol. The fourth-order valence-electron chi connectivity index (χ4n) is 2.48. The zero-order valence-electron chi connectivity index (χ0n) is 15.0. The molecule has 132 valence electrons. The monoisotopic (exact) mass is 356 g/mol. The molecule has 4 nitrogen and oxygen atoms in total. The molecule has 0 radical (unpaired) electrons. The number of thioether (sulfide) groups is 1. The highest BCUT2D eigenvalue weighted by Crippen LogP contribution is 2.18. The van der Waals surface area contributed by atoms with Gasteiger partial charge in [-0.05, 0) is 55.0 Å². The van der Waals surface area contributed by atoms with Crippen molar-refractivity contribution in [2.24, 2.45) is 5.92 Å². The number of aryl methyl sites for hydroxylation is 1. The van der Waals surface area contributed by atoms with Crippen LogP contribution in [-0.4, -0.2) is 24.1 Å². The van der Waals surface area contributed by atoms with Crippen molar-refractivity contribution in [1.82, 2.24) is 5.32 Å². The summed E-state index contributed by atoms with van der Waals surface area (Å²) in [7, 11) is 0. The van der Waals surface area contributed by atoms with Gasteiger partial charge in [-0.1, -0.05) is 32.0 Å². The zero-order chi connectivity index (χ0) is 18.4. The number of hydrogen-bond donors (Lipinski definition) is 2. The van der Waals surface area contributed by atoms with Gasteiger partial charge in [0.15, 0.2) is 0 Å². The fraction of sp³-hybridized carbons (Fsp3) is 0.300. The summed E-state index contributed by atoms with van der Waals surface area (Å²) in [5.41, 5.74) is 2.19. The van der Waals surface area contributed by atoms with Gasteiger partial charge < -0.3 is 10.6 Å². The standard InChI is InChI=1S/C20H24N2O2S/c1-13(2)18(22-19(23)17-8-6-5-7-14(17)3)20(24)21-15-9-11-16(25-4)12-10-15/h5-13,18H,1-4H3,(H,21,24)(H,22,23)/t18-/m0/s1. The minimum Gasteiger partial charge on any atom is -0.340 e. The van der Waals surface area contributed by atoms with Crippen molar-refractivity contribution in [3.8, 4) is 0 Å². The largest absolute Gasteiger partial charge is 0.340 e. The molecule has 0 aliphatic heterocycles. The maximum absolute atomic E-state index is 12.6. The first-order chi connectivity index (χ1) is 11.9. The Labute approximate surface area is 153 Å². The normalized spacial score (nSPS) is 11.9. The molecule has 0 spiro atoms. The molecule has 2 aromatic carbocycles. The van der Waals surface area contributed by atoms with Crippen LogP contribution in [-0.2, 0) is 4.79 Å². The Morgan fingerprint density at radius 1 is 1.00 bits per heavy atom. The summed E-state index contributed by atoms with van der Waals surface area (Å²) in [6, 6.07) is 14.4. The summed E-state index contributed by atoms with van der Waals surface area (Å²) in [5, 5.41) is 5.74. The third-order valence-corrected chi connectivity index (χ3v) is 4.73. The zero-order valence-corrected chi connectivity index (χ0v) is 15.8. The lowest BCUT2D eigenvalue weighted by Crippen LogP contribution is -2.47. The Morgan fingerprint density at radius 2 is 1.64 bits per heavy atom. The van der Waals surface area contributed by atoms with Crippen molar-refractivity contribution in [3.63, 3.8) is 0 Å². The second-order valence-corrected chi connectivity index (χ2v) is 7.11. The number of anilines is 1. The third-order valence-electron chi connectivity index (χ3n) is 3.98. The Morgan fingerprint density at radius 3 is 2.20 bits per heavy atom. The number of nitrogens with one attached hydrogen (secondary N) is 2. The number of carbonyl (C=O) groups excluding carboxylic acids is 2. The molecule has 0 saturated carbocycles. The number of carbonyl (C=O) groups is 2. The Balaban J connectivity index is 2.10. The maximum atomic E-state index is 12.6. The van der Waals surface area contributed by atoms with E-state index in [2.05, 4.69) is 10.6 Å². The van der Waals surface area contributed by atoms with Crippen molar-refractivity contribution < 1.29 is 9.59 Å². The summed E-state index contributed by atoms with van der Waals surface area (Å²) in [4.78, 5) is 26.3. The summed E-state index contributed by atoms with van der Waals surface area (Å²) in [6.45, 7) is 5.71. The van der Waals surface area contributed by atoms with Crippen molar-refractivity contribution in [2.45, 2.75) is 31.7 Å². The molecule has 0 heterocycles. The molecular formula is C20H24N2O2S. The molecule has 5 heteroatoms. The van der Waals surface area contributed by atoms with Crippen molar-refractivity contribution in [3.05, 3.63) is 59.7 Å². The highest BCUT2D eigenvalue weighted by Gasteiger charge is 2.25. The van der Waals surface area contributed by atoms with Crippen molar-refractivity contribution in [1.29, 1.82) is 0 Å². The molecule has 0 fully saturated rings. The average Bonchev–Trinajstić information content (AvgIpc) is 2.60. The predicted octanol–water partition coefficient (Wildman–Crippen LogP) is 4.11. The number of rotatable bonds is 6. The van der Waals surface area contributed by atoms with E-state index < -0.39 is 6.04 Å². The van der Waals surface area contributed by atoms with Crippen LogP contribution in [0.25, 0.3) is 0 Å². The molecule has 0 bridgehead atoms.